The number of rotatable bonds is 12. The summed E-state index contributed by atoms with van der Waals surface area (Å²) < 4.78 is 22.0. The Kier molecular flexibility index (Phi) is 10.5. The molecule has 4 rings (SSSR count). The molecule has 0 unspecified atom stereocenters. The maximum absolute atomic E-state index is 12.6. The first-order chi connectivity index (χ1) is 21.3. The summed E-state index contributed by atoms with van der Waals surface area (Å²) in [6.45, 7) is 3.42. The van der Waals surface area contributed by atoms with Gasteiger partial charge in [-0.05, 0) is 67.4 Å². The smallest absolute Gasteiger partial charge is 0.338 e. The van der Waals surface area contributed by atoms with Gasteiger partial charge in [-0.15, -0.1) is 0 Å². The number of carbonyl (C=O) groups excluding carboxylic acids is 3. The summed E-state index contributed by atoms with van der Waals surface area (Å²) in [5.74, 6) is 0.143. The average Bonchev–Trinajstić information content (AvgIpc) is 3.03. The molecule has 12 nitrogen and oxygen atoms in total. The summed E-state index contributed by atoms with van der Waals surface area (Å²) in [6.07, 6.45) is 1.48. The molecule has 0 saturated carbocycles. The molecule has 0 fully saturated rings. The highest BCUT2D eigenvalue weighted by Crippen LogP contribution is 2.34. The van der Waals surface area contributed by atoms with Crippen LogP contribution in [0, 0.1) is 11.3 Å². The lowest BCUT2D eigenvalue weighted by Crippen LogP contribution is -2.45. The van der Waals surface area contributed by atoms with Crippen LogP contribution in [0.5, 0.6) is 17.2 Å². The fourth-order valence-electron chi connectivity index (χ4n) is 4.33. The Hall–Kier alpha value is -5.83. The van der Waals surface area contributed by atoms with Gasteiger partial charge in [-0.1, -0.05) is 24.3 Å². The van der Waals surface area contributed by atoms with Crippen LogP contribution in [-0.2, 0) is 20.9 Å². The first kappa shape index (κ1) is 31.1. The van der Waals surface area contributed by atoms with Crippen LogP contribution in [0.1, 0.15) is 42.1 Å². The van der Waals surface area contributed by atoms with Crippen LogP contribution < -0.4 is 30.3 Å². The van der Waals surface area contributed by atoms with Crippen LogP contribution in [-0.4, -0.2) is 44.4 Å². The Bertz CT molecular complexity index is 1630. The number of methoxy groups -OCH3 is 1. The molecule has 3 aromatic rings. The molecule has 0 aromatic heterocycles. The third-order valence-corrected chi connectivity index (χ3v) is 6.46. The minimum absolute atomic E-state index is 0.181. The standard InChI is InChI=1S/C32H31N5O7/c1-4-42-31(39)29-20(2)35-32(40)36-30(29)22-11-14-26(27(15-22)41-3)44-19-28(38)37-34-17-21-9-12-25(13-10-21)43-18-24-8-6-5-7-23(24)16-33/h5-15,17,30H,4,18-19H2,1-3H3,(H,37,38)(H2,35,36,40)/b34-17-/t30-/m1/s1. The number of nitriles is 1. The molecule has 0 radical (unpaired) electrons. The molecule has 1 aliphatic heterocycles. The second-order valence-electron chi connectivity index (χ2n) is 9.41. The Morgan fingerprint density at radius 3 is 2.57 bits per heavy atom. The lowest BCUT2D eigenvalue weighted by atomic mass is 9.95. The lowest BCUT2D eigenvalue weighted by molar-refractivity contribution is -0.139. The SMILES string of the molecule is CCOC(=O)C1=C(C)NC(=O)N[C@@H]1c1ccc(OCC(=O)N/N=C\c2ccc(OCc3ccccc3C#N)cc2)c(OC)c1. The Balaban J connectivity index is 1.31. The predicted octanol–water partition coefficient (Wildman–Crippen LogP) is 3.87. The van der Waals surface area contributed by atoms with Gasteiger partial charge in [0.15, 0.2) is 18.1 Å². The number of hydrogen-bond acceptors (Lipinski definition) is 9. The molecule has 3 N–H and O–H groups in total. The summed E-state index contributed by atoms with van der Waals surface area (Å²) in [5, 5.41) is 18.5. The first-order valence-electron chi connectivity index (χ1n) is 13.6. The molecule has 0 saturated heterocycles. The highest BCUT2D eigenvalue weighted by Gasteiger charge is 2.32. The van der Waals surface area contributed by atoms with E-state index in [0.29, 0.717) is 28.3 Å². The third kappa shape index (κ3) is 7.92. The van der Waals surface area contributed by atoms with E-state index in [1.165, 1.54) is 13.3 Å². The van der Waals surface area contributed by atoms with Crippen molar-refractivity contribution in [1.82, 2.24) is 16.1 Å². The highest BCUT2D eigenvalue weighted by molar-refractivity contribution is 5.95. The molecule has 3 amide bonds. The lowest BCUT2D eigenvalue weighted by Gasteiger charge is -2.28. The minimum Gasteiger partial charge on any atom is -0.493 e. The van der Waals surface area contributed by atoms with Gasteiger partial charge in [0.05, 0.1) is 43.2 Å². The predicted molar refractivity (Wildman–Crippen MR) is 160 cm³/mol. The molecule has 44 heavy (non-hydrogen) atoms. The van der Waals surface area contributed by atoms with Crippen LogP contribution in [0.3, 0.4) is 0 Å². The van der Waals surface area contributed by atoms with Crippen LogP contribution >= 0.6 is 0 Å². The zero-order chi connectivity index (χ0) is 31.5. The second-order valence-corrected chi connectivity index (χ2v) is 9.41. The van der Waals surface area contributed by atoms with E-state index in [-0.39, 0.29) is 31.1 Å². The second kappa shape index (κ2) is 14.9. The van der Waals surface area contributed by atoms with Crippen LogP contribution in [0.25, 0.3) is 0 Å². The van der Waals surface area contributed by atoms with Crippen molar-refractivity contribution >= 4 is 24.1 Å². The van der Waals surface area contributed by atoms with E-state index in [1.54, 1.807) is 68.4 Å². The number of hydrazone groups is 1. The summed E-state index contributed by atoms with van der Waals surface area (Å²) in [7, 11) is 1.44. The number of esters is 1. The third-order valence-electron chi connectivity index (χ3n) is 6.46. The molecule has 1 aliphatic rings. The summed E-state index contributed by atoms with van der Waals surface area (Å²) in [6, 6.07) is 20.1. The van der Waals surface area contributed by atoms with Crippen molar-refractivity contribution in [3.05, 3.63) is 100 Å². The number of carbonyl (C=O) groups is 3. The fourth-order valence-corrected chi connectivity index (χ4v) is 4.33. The summed E-state index contributed by atoms with van der Waals surface area (Å²) in [5.41, 5.74) is 5.71. The quantitative estimate of drug-likeness (QED) is 0.161. The van der Waals surface area contributed by atoms with Crippen molar-refractivity contribution in [1.29, 1.82) is 5.26 Å². The summed E-state index contributed by atoms with van der Waals surface area (Å²) in [4.78, 5) is 37.1. The molecular weight excluding hydrogens is 566 g/mol. The number of allylic oxidation sites excluding steroid dienone is 1. The number of hydrogen-bond donors (Lipinski definition) is 3. The van der Waals surface area contributed by atoms with Crippen molar-refractivity contribution in [2.75, 3.05) is 20.3 Å². The largest absolute Gasteiger partial charge is 0.493 e. The average molecular weight is 598 g/mol. The number of benzene rings is 3. The van der Waals surface area contributed by atoms with Gasteiger partial charge in [0, 0.05) is 11.3 Å². The number of nitrogens with zero attached hydrogens (tertiary/aromatic N) is 2. The van der Waals surface area contributed by atoms with Crippen molar-refractivity contribution < 1.29 is 33.3 Å². The van der Waals surface area contributed by atoms with E-state index >= 15 is 0 Å². The van der Waals surface area contributed by atoms with E-state index in [0.717, 1.165) is 11.1 Å². The Labute approximate surface area is 254 Å². The molecule has 1 heterocycles. The van der Waals surface area contributed by atoms with E-state index in [9.17, 15) is 19.6 Å². The van der Waals surface area contributed by atoms with E-state index in [1.807, 2.05) is 12.1 Å². The normalized spacial score (nSPS) is 14.2. The van der Waals surface area contributed by atoms with Crippen molar-refractivity contribution in [2.45, 2.75) is 26.5 Å². The van der Waals surface area contributed by atoms with Gasteiger partial charge in [-0.2, -0.15) is 10.4 Å². The van der Waals surface area contributed by atoms with Crippen LogP contribution in [0.4, 0.5) is 4.79 Å². The number of ether oxygens (including phenoxy) is 4. The Morgan fingerprint density at radius 1 is 1.07 bits per heavy atom. The minimum atomic E-state index is -0.774. The van der Waals surface area contributed by atoms with Crippen LogP contribution in [0.2, 0.25) is 0 Å². The number of amides is 3. The number of urea groups is 1. The van der Waals surface area contributed by atoms with Gasteiger partial charge in [-0.25, -0.2) is 15.0 Å². The molecular formula is C32H31N5O7. The van der Waals surface area contributed by atoms with Gasteiger partial charge >= 0.3 is 12.0 Å². The van der Waals surface area contributed by atoms with Gasteiger partial charge < -0.3 is 29.6 Å². The van der Waals surface area contributed by atoms with E-state index in [2.05, 4.69) is 27.2 Å². The topological polar surface area (TPSA) is 160 Å². The zero-order valence-corrected chi connectivity index (χ0v) is 24.4. The molecule has 3 aromatic carbocycles. The molecule has 0 bridgehead atoms. The zero-order valence-electron chi connectivity index (χ0n) is 24.4. The molecule has 1 atom stereocenters. The van der Waals surface area contributed by atoms with Gasteiger partial charge in [-0.3, -0.25) is 4.79 Å². The number of nitrogens with one attached hydrogen (secondary N) is 3. The highest BCUT2D eigenvalue weighted by atomic mass is 16.5. The van der Waals surface area contributed by atoms with E-state index < -0.39 is 23.9 Å². The maximum Gasteiger partial charge on any atom is 0.338 e. The van der Waals surface area contributed by atoms with Crippen molar-refractivity contribution in [2.24, 2.45) is 5.10 Å². The summed E-state index contributed by atoms with van der Waals surface area (Å²) >= 11 is 0. The first-order valence-corrected chi connectivity index (χ1v) is 13.6. The van der Waals surface area contributed by atoms with Crippen molar-refractivity contribution in [3.63, 3.8) is 0 Å². The molecule has 0 aliphatic carbocycles. The molecule has 12 heteroatoms. The van der Waals surface area contributed by atoms with Gasteiger partial charge in [0.25, 0.3) is 5.91 Å². The monoisotopic (exact) mass is 597 g/mol. The van der Waals surface area contributed by atoms with Gasteiger partial charge in [0.1, 0.15) is 12.4 Å². The molecule has 226 valence electrons. The fraction of sp³-hybridized carbons (Fsp3) is 0.219. The maximum atomic E-state index is 12.6. The Morgan fingerprint density at radius 2 is 1.84 bits per heavy atom. The van der Waals surface area contributed by atoms with Crippen LogP contribution in [0.15, 0.2) is 83.1 Å². The molecule has 0 spiro atoms. The van der Waals surface area contributed by atoms with Gasteiger partial charge in [0.2, 0.25) is 0 Å². The van der Waals surface area contributed by atoms with Crippen molar-refractivity contribution in [3.8, 4) is 23.3 Å². The van der Waals surface area contributed by atoms with E-state index in [4.69, 9.17) is 18.9 Å².